The van der Waals surface area contributed by atoms with Gasteiger partial charge in [0.1, 0.15) is 11.6 Å². The second-order valence-corrected chi connectivity index (χ2v) is 3.76. The SMILES string of the molecule is CCSCc1nc(C)cc(N)n1. The highest BCUT2D eigenvalue weighted by molar-refractivity contribution is 7.98. The quantitative estimate of drug-likeness (QED) is 0.773. The van der Waals surface area contributed by atoms with Gasteiger partial charge >= 0.3 is 0 Å². The monoisotopic (exact) mass is 183 g/mol. The average molecular weight is 183 g/mol. The van der Waals surface area contributed by atoms with Crippen molar-refractivity contribution in [3.8, 4) is 0 Å². The number of nitrogens with two attached hydrogens (primary N) is 1. The fraction of sp³-hybridized carbons (Fsp3) is 0.500. The van der Waals surface area contributed by atoms with E-state index in [0.29, 0.717) is 5.82 Å². The van der Waals surface area contributed by atoms with Gasteiger partial charge in [0, 0.05) is 11.8 Å². The maximum Gasteiger partial charge on any atom is 0.140 e. The lowest BCUT2D eigenvalue weighted by Gasteiger charge is -2.00. The number of rotatable bonds is 3. The number of nitrogen functional groups attached to an aromatic ring is 1. The molecule has 0 saturated heterocycles. The van der Waals surface area contributed by atoms with Crippen molar-refractivity contribution in [2.45, 2.75) is 19.6 Å². The van der Waals surface area contributed by atoms with Crippen LogP contribution in [-0.4, -0.2) is 15.7 Å². The molecule has 0 aliphatic rings. The third-order valence-corrected chi connectivity index (χ3v) is 2.23. The minimum Gasteiger partial charge on any atom is -0.384 e. The van der Waals surface area contributed by atoms with E-state index in [2.05, 4.69) is 16.9 Å². The smallest absolute Gasteiger partial charge is 0.140 e. The maximum absolute atomic E-state index is 5.57. The van der Waals surface area contributed by atoms with E-state index in [1.165, 1.54) is 0 Å². The summed E-state index contributed by atoms with van der Waals surface area (Å²) >= 11 is 1.80. The highest BCUT2D eigenvalue weighted by atomic mass is 32.2. The van der Waals surface area contributed by atoms with Gasteiger partial charge in [-0.05, 0) is 12.7 Å². The van der Waals surface area contributed by atoms with Gasteiger partial charge in [-0.15, -0.1) is 0 Å². The molecule has 0 fully saturated rings. The highest BCUT2D eigenvalue weighted by Gasteiger charge is 1.98. The first-order chi connectivity index (χ1) is 5.72. The number of hydrogen-bond donors (Lipinski definition) is 1. The third kappa shape index (κ3) is 2.70. The first kappa shape index (κ1) is 9.32. The molecule has 3 nitrogen and oxygen atoms in total. The molecular weight excluding hydrogens is 170 g/mol. The normalized spacial score (nSPS) is 10.2. The summed E-state index contributed by atoms with van der Waals surface area (Å²) in [6.45, 7) is 4.04. The van der Waals surface area contributed by atoms with Crippen LogP contribution in [0.4, 0.5) is 5.82 Å². The lowest BCUT2D eigenvalue weighted by atomic mass is 10.4. The lowest BCUT2D eigenvalue weighted by molar-refractivity contribution is 1.00. The highest BCUT2D eigenvalue weighted by Crippen LogP contribution is 2.09. The first-order valence-corrected chi connectivity index (χ1v) is 5.05. The Morgan fingerprint density at radius 3 is 2.83 bits per heavy atom. The zero-order chi connectivity index (χ0) is 8.97. The number of nitrogens with zero attached hydrogens (tertiary/aromatic N) is 2. The summed E-state index contributed by atoms with van der Waals surface area (Å²) in [6.07, 6.45) is 0. The Hall–Kier alpha value is -0.770. The second-order valence-electron chi connectivity index (χ2n) is 2.49. The Morgan fingerprint density at radius 2 is 2.25 bits per heavy atom. The van der Waals surface area contributed by atoms with Gasteiger partial charge < -0.3 is 5.73 Å². The predicted octanol–water partition coefficient (Wildman–Crippen LogP) is 1.62. The van der Waals surface area contributed by atoms with E-state index >= 15 is 0 Å². The molecule has 1 rings (SSSR count). The molecule has 0 spiro atoms. The number of anilines is 1. The van der Waals surface area contributed by atoms with Crippen molar-refractivity contribution in [1.29, 1.82) is 0 Å². The van der Waals surface area contributed by atoms with Gasteiger partial charge in [-0.1, -0.05) is 6.92 Å². The largest absolute Gasteiger partial charge is 0.384 e. The van der Waals surface area contributed by atoms with Crippen LogP contribution in [0.25, 0.3) is 0 Å². The number of thioether (sulfide) groups is 1. The summed E-state index contributed by atoms with van der Waals surface area (Å²) in [4.78, 5) is 8.38. The van der Waals surface area contributed by atoms with E-state index in [4.69, 9.17) is 5.73 Å². The van der Waals surface area contributed by atoms with Crippen LogP contribution < -0.4 is 5.73 Å². The van der Waals surface area contributed by atoms with Crippen LogP contribution >= 0.6 is 11.8 Å². The summed E-state index contributed by atoms with van der Waals surface area (Å²) < 4.78 is 0. The van der Waals surface area contributed by atoms with E-state index in [-0.39, 0.29) is 0 Å². The van der Waals surface area contributed by atoms with Crippen LogP contribution in [-0.2, 0) is 5.75 Å². The molecular formula is C8H13N3S. The molecule has 1 aromatic rings. The van der Waals surface area contributed by atoms with E-state index in [9.17, 15) is 0 Å². The minimum atomic E-state index is 0.564. The zero-order valence-electron chi connectivity index (χ0n) is 7.37. The van der Waals surface area contributed by atoms with Gasteiger partial charge in [-0.2, -0.15) is 11.8 Å². The molecule has 0 saturated carbocycles. The molecule has 0 radical (unpaired) electrons. The van der Waals surface area contributed by atoms with Crippen LogP contribution in [0.2, 0.25) is 0 Å². The van der Waals surface area contributed by atoms with Crippen LogP contribution in [0.15, 0.2) is 6.07 Å². The lowest BCUT2D eigenvalue weighted by Crippen LogP contribution is -1.99. The molecule has 1 aromatic heterocycles. The molecule has 0 bridgehead atoms. The summed E-state index contributed by atoms with van der Waals surface area (Å²) in [5, 5.41) is 0. The van der Waals surface area contributed by atoms with E-state index in [1.54, 1.807) is 17.8 Å². The minimum absolute atomic E-state index is 0.564. The molecule has 2 N–H and O–H groups in total. The van der Waals surface area contributed by atoms with Gasteiger partial charge in [0.25, 0.3) is 0 Å². The average Bonchev–Trinajstić information content (AvgIpc) is 1.99. The number of hydrogen-bond acceptors (Lipinski definition) is 4. The molecule has 12 heavy (non-hydrogen) atoms. The predicted molar refractivity (Wildman–Crippen MR) is 53.0 cm³/mol. The number of aryl methyl sites for hydroxylation is 1. The van der Waals surface area contributed by atoms with Crippen molar-refractivity contribution in [2.24, 2.45) is 0 Å². The van der Waals surface area contributed by atoms with Crippen LogP contribution in [0, 0.1) is 6.92 Å². The molecule has 0 unspecified atom stereocenters. The Balaban J connectivity index is 2.72. The Kier molecular flexibility index (Phi) is 3.34. The van der Waals surface area contributed by atoms with Gasteiger partial charge in [-0.25, -0.2) is 9.97 Å². The van der Waals surface area contributed by atoms with E-state index in [1.807, 2.05) is 6.92 Å². The summed E-state index contributed by atoms with van der Waals surface area (Å²) in [5.41, 5.74) is 6.51. The van der Waals surface area contributed by atoms with Gasteiger partial charge in [0.2, 0.25) is 0 Å². The molecule has 0 aromatic carbocycles. The summed E-state index contributed by atoms with van der Waals surface area (Å²) in [6, 6.07) is 1.78. The third-order valence-electron chi connectivity index (χ3n) is 1.36. The van der Waals surface area contributed by atoms with Crippen molar-refractivity contribution in [3.05, 3.63) is 17.6 Å². The summed E-state index contributed by atoms with van der Waals surface area (Å²) in [5.74, 6) is 3.33. The molecule has 0 aliphatic heterocycles. The molecule has 0 amide bonds. The maximum atomic E-state index is 5.57. The molecule has 1 heterocycles. The van der Waals surface area contributed by atoms with Crippen LogP contribution in [0.1, 0.15) is 18.4 Å². The van der Waals surface area contributed by atoms with Gasteiger partial charge in [-0.3, -0.25) is 0 Å². The molecule has 0 aliphatic carbocycles. The van der Waals surface area contributed by atoms with Crippen LogP contribution in [0.3, 0.4) is 0 Å². The van der Waals surface area contributed by atoms with E-state index in [0.717, 1.165) is 23.0 Å². The van der Waals surface area contributed by atoms with Gasteiger partial charge in [0.15, 0.2) is 0 Å². The topological polar surface area (TPSA) is 51.8 Å². The molecule has 66 valence electrons. The Labute approximate surface area is 76.8 Å². The van der Waals surface area contributed by atoms with Crippen LogP contribution in [0.5, 0.6) is 0 Å². The fourth-order valence-electron chi connectivity index (χ4n) is 0.914. The molecule has 4 heteroatoms. The van der Waals surface area contributed by atoms with E-state index < -0.39 is 0 Å². The second kappa shape index (κ2) is 4.30. The summed E-state index contributed by atoms with van der Waals surface area (Å²) in [7, 11) is 0. The van der Waals surface area contributed by atoms with Crippen molar-refractivity contribution in [3.63, 3.8) is 0 Å². The Bertz CT molecular complexity index is 242. The van der Waals surface area contributed by atoms with Crippen molar-refractivity contribution in [2.75, 3.05) is 11.5 Å². The Morgan fingerprint density at radius 1 is 1.50 bits per heavy atom. The standard InChI is InChI=1S/C8H13N3S/c1-3-12-5-8-10-6(2)4-7(9)11-8/h4H,3,5H2,1-2H3,(H2,9,10,11). The van der Waals surface area contributed by atoms with Crippen molar-refractivity contribution < 1.29 is 0 Å². The first-order valence-electron chi connectivity index (χ1n) is 3.90. The number of aromatic nitrogens is 2. The van der Waals surface area contributed by atoms with Crippen molar-refractivity contribution >= 4 is 17.6 Å². The molecule has 0 atom stereocenters. The fourth-order valence-corrected chi connectivity index (χ4v) is 1.43. The van der Waals surface area contributed by atoms with Crippen molar-refractivity contribution in [1.82, 2.24) is 9.97 Å². The zero-order valence-corrected chi connectivity index (χ0v) is 8.19. The van der Waals surface area contributed by atoms with Gasteiger partial charge in [0.05, 0.1) is 5.75 Å².